The van der Waals surface area contributed by atoms with Gasteiger partial charge in [0.25, 0.3) is 5.91 Å². The quantitative estimate of drug-likeness (QED) is 0.850. The van der Waals surface area contributed by atoms with Crippen molar-refractivity contribution >= 4 is 33.2 Å². The molecule has 2 aromatic rings. The maximum Gasteiger partial charge on any atom is 0.274 e. The van der Waals surface area contributed by atoms with Crippen LogP contribution in [0.1, 0.15) is 29.4 Å². The summed E-state index contributed by atoms with van der Waals surface area (Å²) in [4.78, 5) is 16.4. The van der Waals surface area contributed by atoms with Crippen LogP contribution in [0.25, 0.3) is 0 Å². The predicted octanol–water partition coefficient (Wildman–Crippen LogP) is 4.23. The molecule has 0 spiro atoms. The van der Waals surface area contributed by atoms with E-state index in [0.29, 0.717) is 5.69 Å². The molecule has 0 unspecified atom stereocenters. The Labute approximate surface area is 133 Å². The van der Waals surface area contributed by atoms with Crippen molar-refractivity contribution in [2.75, 3.05) is 17.2 Å². The number of carbonyl (C=O) groups is 1. The third-order valence-electron chi connectivity index (χ3n) is 3.09. The van der Waals surface area contributed by atoms with E-state index in [2.05, 4.69) is 38.5 Å². The van der Waals surface area contributed by atoms with Gasteiger partial charge in [-0.2, -0.15) is 0 Å². The Kier molecular flexibility index (Phi) is 5.33. The van der Waals surface area contributed by atoms with Crippen LogP contribution in [0.5, 0.6) is 0 Å². The van der Waals surface area contributed by atoms with Crippen LogP contribution >= 0.6 is 15.9 Å². The highest BCUT2D eigenvalue weighted by Gasteiger charge is 2.10. The summed E-state index contributed by atoms with van der Waals surface area (Å²) in [6.07, 6.45) is 2.72. The van der Waals surface area contributed by atoms with Gasteiger partial charge in [-0.05, 0) is 43.2 Å². The Morgan fingerprint density at radius 2 is 2.10 bits per heavy atom. The lowest BCUT2D eigenvalue weighted by Gasteiger charge is -2.10. The number of hydrogen-bond donors (Lipinski definition) is 2. The highest BCUT2D eigenvalue weighted by atomic mass is 79.9. The van der Waals surface area contributed by atoms with E-state index in [1.807, 2.05) is 31.2 Å². The maximum atomic E-state index is 12.2. The first kappa shape index (κ1) is 15.5. The third kappa shape index (κ3) is 4.04. The van der Waals surface area contributed by atoms with Crippen molar-refractivity contribution in [2.24, 2.45) is 0 Å². The average Bonchev–Trinajstić information content (AvgIpc) is 2.50. The monoisotopic (exact) mass is 347 g/mol. The molecule has 1 heterocycles. The zero-order chi connectivity index (χ0) is 15.2. The highest BCUT2D eigenvalue weighted by molar-refractivity contribution is 9.10. The van der Waals surface area contributed by atoms with E-state index in [-0.39, 0.29) is 5.91 Å². The molecule has 0 bridgehead atoms. The van der Waals surface area contributed by atoms with Gasteiger partial charge in [0.1, 0.15) is 5.69 Å². The number of amides is 1. The number of pyridine rings is 1. The fourth-order valence-electron chi connectivity index (χ4n) is 1.83. The summed E-state index contributed by atoms with van der Waals surface area (Å²) in [5, 5.41) is 6.10. The van der Waals surface area contributed by atoms with Crippen molar-refractivity contribution in [3.05, 3.63) is 52.3 Å². The van der Waals surface area contributed by atoms with Gasteiger partial charge in [0, 0.05) is 16.7 Å². The van der Waals surface area contributed by atoms with E-state index < -0.39 is 0 Å². The van der Waals surface area contributed by atoms with Gasteiger partial charge in [0.2, 0.25) is 0 Å². The van der Waals surface area contributed by atoms with Gasteiger partial charge in [-0.1, -0.05) is 28.9 Å². The van der Waals surface area contributed by atoms with Crippen molar-refractivity contribution in [1.82, 2.24) is 4.98 Å². The zero-order valence-corrected chi connectivity index (χ0v) is 13.7. The van der Waals surface area contributed by atoms with E-state index in [9.17, 15) is 4.79 Å². The molecule has 0 aliphatic rings. The molecule has 2 N–H and O–H groups in total. The summed E-state index contributed by atoms with van der Waals surface area (Å²) in [5.41, 5.74) is 3.10. The molecular formula is C16H18BrN3O. The van der Waals surface area contributed by atoms with Crippen LogP contribution in [0, 0.1) is 6.92 Å². The van der Waals surface area contributed by atoms with Gasteiger partial charge in [-0.25, -0.2) is 4.98 Å². The van der Waals surface area contributed by atoms with Crippen LogP contribution in [0.3, 0.4) is 0 Å². The van der Waals surface area contributed by atoms with Crippen LogP contribution in [-0.4, -0.2) is 17.4 Å². The number of rotatable bonds is 5. The predicted molar refractivity (Wildman–Crippen MR) is 89.8 cm³/mol. The summed E-state index contributed by atoms with van der Waals surface area (Å²) in [6, 6.07) is 9.29. The molecule has 0 aliphatic carbocycles. The number of benzene rings is 1. The lowest BCUT2D eigenvalue weighted by atomic mass is 10.2. The normalized spacial score (nSPS) is 10.2. The molecule has 0 atom stereocenters. The number of hydrogen-bond acceptors (Lipinski definition) is 3. The molecule has 110 valence electrons. The van der Waals surface area contributed by atoms with Crippen LogP contribution in [0.2, 0.25) is 0 Å². The molecule has 4 nitrogen and oxygen atoms in total. The summed E-state index contributed by atoms with van der Waals surface area (Å²) in [6.45, 7) is 4.94. The lowest BCUT2D eigenvalue weighted by Crippen LogP contribution is -2.14. The van der Waals surface area contributed by atoms with E-state index in [1.165, 1.54) is 0 Å². The van der Waals surface area contributed by atoms with Gasteiger partial charge in [-0.15, -0.1) is 0 Å². The first-order valence-corrected chi connectivity index (χ1v) is 7.67. The summed E-state index contributed by atoms with van der Waals surface area (Å²) >= 11 is 3.45. The van der Waals surface area contributed by atoms with Gasteiger partial charge < -0.3 is 10.6 Å². The second kappa shape index (κ2) is 7.22. The van der Waals surface area contributed by atoms with Crippen LogP contribution in [0.4, 0.5) is 11.4 Å². The zero-order valence-electron chi connectivity index (χ0n) is 12.1. The Hall–Kier alpha value is -1.88. The fraction of sp³-hybridized carbons (Fsp3) is 0.250. The molecule has 1 aromatic carbocycles. The highest BCUT2D eigenvalue weighted by Crippen LogP contribution is 2.23. The topological polar surface area (TPSA) is 54.0 Å². The molecular weight excluding hydrogens is 330 g/mol. The second-order valence-corrected chi connectivity index (χ2v) is 5.58. The summed E-state index contributed by atoms with van der Waals surface area (Å²) in [5.74, 6) is -0.210. The van der Waals surface area contributed by atoms with Crippen molar-refractivity contribution < 1.29 is 4.79 Å². The number of nitrogens with zero attached hydrogens (tertiary/aromatic N) is 1. The minimum atomic E-state index is -0.210. The first-order valence-electron chi connectivity index (χ1n) is 6.88. The van der Waals surface area contributed by atoms with Crippen molar-refractivity contribution in [1.29, 1.82) is 0 Å². The molecule has 0 saturated carbocycles. The number of carbonyl (C=O) groups excluding carboxylic acids is 1. The van der Waals surface area contributed by atoms with Gasteiger partial charge >= 0.3 is 0 Å². The summed E-state index contributed by atoms with van der Waals surface area (Å²) < 4.78 is 0.965. The van der Waals surface area contributed by atoms with Gasteiger partial charge in [0.15, 0.2) is 0 Å². The van der Waals surface area contributed by atoms with Crippen molar-refractivity contribution in [3.8, 4) is 0 Å². The molecule has 2 rings (SSSR count). The van der Waals surface area contributed by atoms with Crippen LogP contribution in [0.15, 0.2) is 41.0 Å². The number of aromatic nitrogens is 1. The molecule has 5 heteroatoms. The molecule has 0 saturated heterocycles. The van der Waals surface area contributed by atoms with Gasteiger partial charge in [0.05, 0.1) is 11.9 Å². The lowest BCUT2D eigenvalue weighted by molar-refractivity contribution is 0.102. The molecule has 21 heavy (non-hydrogen) atoms. The van der Waals surface area contributed by atoms with E-state index in [1.54, 1.807) is 12.3 Å². The Morgan fingerprint density at radius 3 is 2.76 bits per heavy atom. The third-order valence-corrected chi connectivity index (χ3v) is 3.95. The Morgan fingerprint density at radius 1 is 1.29 bits per heavy atom. The second-order valence-electron chi connectivity index (χ2n) is 4.73. The van der Waals surface area contributed by atoms with Crippen molar-refractivity contribution in [2.45, 2.75) is 20.3 Å². The number of nitrogens with one attached hydrogen (secondary N) is 2. The smallest absolute Gasteiger partial charge is 0.274 e. The standard InChI is InChI=1S/C16H18BrN3O/c1-3-9-18-12-7-8-15(19-10-12)16(21)20-14-6-4-5-13(17)11(14)2/h4-8,10,18H,3,9H2,1-2H3,(H,20,21). The van der Waals surface area contributed by atoms with Gasteiger partial charge in [-0.3, -0.25) is 4.79 Å². The maximum absolute atomic E-state index is 12.2. The molecule has 0 aliphatic heterocycles. The Balaban J connectivity index is 2.08. The Bertz CT molecular complexity index is 626. The van der Waals surface area contributed by atoms with Crippen LogP contribution < -0.4 is 10.6 Å². The largest absolute Gasteiger partial charge is 0.384 e. The molecule has 0 fully saturated rings. The molecule has 1 amide bonds. The fourth-order valence-corrected chi connectivity index (χ4v) is 2.20. The molecule has 0 radical (unpaired) electrons. The SMILES string of the molecule is CCCNc1ccc(C(=O)Nc2cccc(Br)c2C)nc1. The van der Waals surface area contributed by atoms with E-state index in [4.69, 9.17) is 0 Å². The van der Waals surface area contributed by atoms with Crippen LogP contribution in [-0.2, 0) is 0 Å². The minimum absolute atomic E-state index is 0.210. The van der Waals surface area contributed by atoms with E-state index in [0.717, 1.165) is 34.4 Å². The summed E-state index contributed by atoms with van der Waals surface area (Å²) in [7, 11) is 0. The number of halogens is 1. The van der Waals surface area contributed by atoms with Crippen molar-refractivity contribution in [3.63, 3.8) is 0 Å². The first-order chi connectivity index (χ1) is 10.1. The van der Waals surface area contributed by atoms with E-state index >= 15 is 0 Å². The minimum Gasteiger partial charge on any atom is -0.384 e. The average molecular weight is 348 g/mol. The molecule has 1 aromatic heterocycles. The number of anilines is 2.